The third kappa shape index (κ3) is 3.16. The van der Waals surface area contributed by atoms with Gasteiger partial charge in [-0.3, -0.25) is 4.79 Å². The maximum atomic E-state index is 10.3. The van der Waals surface area contributed by atoms with Gasteiger partial charge in [-0.2, -0.15) is 0 Å². The molecule has 0 saturated carbocycles. The minimum absolute atomic E-state index is 0.262. The Kier molecular flexibility index (Phi) is 3.45. The smallest absolute Gasteiger partial charge is 0.306 e. The van der Waals surface area contributed by atoms with Gasteiger partial charge >= 0.3 is 5.97 Å². The summed E-state index contributed by atoms with van der Waals surface area (Å²) in [6.07, 6.45) is -1.19. The third-order valence-electron chi connectivity index (χ3n) is 1.62. The van der Waals surface area contributed by atoms with Gasteiger partial charge in [0.15, 0.2) is 0 Å². The van der Waals surface area contributed by atoms with E-state index < -0.39 is 12.1 Å². The highest BCUT2D eigenvalue weighted by atomic mass is 79.9. The van der Waals surface area contributed by atoms with Gasteiger partial charge in [0.2, 0.25) is 0 Å². The van der Waals surface area contributed by atoms with Crippen LogP contribution < -0.4 is 0 Å². The van der Waals surface area contributed by atoms with E-state index in [2.05, 4.69) is 15.9 Å². The number of aliphatic hydroxyl groups excluding tert-OH is 1. The van der Waals surface area contributed by atoms with Gasteiger partial charge in [-0.15, -0.1) is 0 Å². The fraction of sp³-hybridized carbons (Fsp3) is 0.222. The zero-order valence-corrected chi connectivity index (χ0v) is 8.36. The summed E-state index contributed by atoms with van der Waals surface area (Å²) in [5, 5.41) is 17.8. The number of aliphatic hydroxyl groups is 1. The van der Waals surface area contributed by atoms with Gasteiger partial charge < -0.3 is 10.2 Å². The van der Waals surface area contributed by atoms with Crippen molar-refractivity contribution in [2.75, 3.05) is 0 Å². The molecule has 0 fully saturated rings. The Hall–Kier alpha value is -0.870. The predicted octanol–water partition coefficient (Wildman–Crippen LogP) is 1.96. The van der Waals surface area contributed by atoms with Crippen LogP contribution in [0.2, 0.25) is 0 Å². The highest BCUT2D eigenvalue weighted by Gasteiger charge is 2.11. The Balaban J connectivity index is 2.71. The number of rotatable bonds is 3. The van der Waals surface area contributed by atoms with Crippen LogP contribution in [0.25, 0.3) is 0 Å². The topological polar surface area (TPSA) is 57.5 Å². The molecule has 3 nitrogen and oxygen atoms in total. The van der Waals surface area contributed by atoms with Gasteiger partial charge in [-0.1, -0.05) is 28.1 Å². The van der Waals surface area contributed by atoms with Crippen molar-refractivity contribution in [1.29, 1.82) is 0 Å². The van der Waals surface area contributed by atoms with Crippen molar-refractivity contribution < 1.29 is 15.0 Å². The van der Waals surface area contributed by atoms with E-state index >= 15 is 0 Å². The lowest BCUT2D eigenvalue weighted by Crippen LogP contribution is -2.04. The van der Waals surface area contributed by atoms with Crippen molar-refractivity contribution in [3.05, 3.63) is 34.3 Å². The van der Waals surface area contributed by atoms with E-state index in [4.69, 9.17) is 5.11 Å². The van der Waals surface area contributed by atoms with Crippen LogP contribution in [0, 0.1) is 0 Å². The number of carboxylic acids is 1. The van der Waals surface area contributed by atoms with E-state index in [0.717, 1.165) is 4.47 Å². The number of carbonyl (C=O) groups is 1. The van der Waals surface area contributed by atoms with Crippen LogP contribution in [-0.2, 0) is 4.79 Å². The van der Waals surface area contributed by atoms with Crippen LogP contribution in [0.3, 0.4) is 0 Å². The van der Waals surface area contributed by atoms with Gasteiger partial charge in [0.1, 0.15) is 0 Å². The van der Waals surface area contributed by atoms with E-state index in [9.17, 15) is 9.90 Å². The molecule has 4 heteroatoms. The fourth-order valence-electron chi connectivity index (χ4n) is 0.968. The molecule has 0 aliphatic carbocycles. The van der Waals surface area contributed by atoms with Crippen LogP contribution >= 0.6 is 15.9 Å². The van der Waals surface area contributed by atoms with Gasteiger partial charge in [-0.05, 0) is 17.7 Å². The Morgan fingerprint density at radius 3 is 2.38 bits per heavy atom. The largest absolute Gasteiger partial charge is 0.481 e. The summed E-state index contributed by atoms with van der Waals surface area (Å²) < 4.78 is 0.902. The molecule has 1 atom stereocenters. The van der Waals surface area contributed by atoms with E-state index in [-0.39, 0.29) is 6.42 Å². The molecule has 1 aromatic carbocycles. The van der Waals surface area contributed by atoms with Crippen molar-refractivity contribution in [2.24, 2.45) is 0 Å². The number of hydrogen-bond donors (Lipinski definition) is 2. The Morgan fingerprint density at radius 1 is 1.38 bits per heavy atom. The molecule has 0 aromatic heterocycles. The first-order valence-electron chi connectivity index (χ1n) is 3.75. The zero-order valence-electron chi connectivity index (χ0n) is 6.77. The SMILES string of the molecule is O=C(O)CC(O)c1ccc(Br)cc1. The average molecular weight is 245 g/mol. The second-order valence-electron chi connectivity index (χ2n) is 2.67. The van der Waals surface area contributed by atoms with Crippen molar-refractivity contribution >= 4 is 21.9 Å². The number of carboxylic acid groups (broad SMARTS) is 1. The average Bonchev–Trinajstić information content (AvgIpc) is 2.04. The molecule has 1 aromatic rings. The van der Waals surface area contributed by atoms with Crippen LogP contribution in [0.1, 0.15) is 18.1 Å². The summed E-state index contributed by atoms with van der Waals surface area (Å²) in [7, 11) is 0. The minimum Gasteiger partial charge on any atom is -0.481 e. The summed E-state index contributed by atoms with van der Waals surface area (Å²) >= 11 is 3.25. The molecule has 0 heterocycles. The highest BCUT2D eigenvalue weighted by Crippen LogP contribution is 2.18. The molecule has 0 aliphatic heterocycles. The summed E-state index contributed by atoms with van der Waals surface area (Å²) in [5.41, 5.74) is 0.616. The Morgan fingerprint density at radius 2 is 1.92 bits per heavy atom. The first-order valence-corrected chi connectivity index (χ1v) is 4.54. The molecule has 70 valence electrons. The lowest BCUT2D eigenvalue weighted by atomic mass is 10.1. The van der Waals surface area contributed by atoms with Crippen molar-refractivity contribution in [3.63, 3.8) is 0 Å². The van der Waals surface area contributed by atoms with Crippen LogP contribution in [0.15, 0.2) is 28.7 Å². The van der Waals surface area contributed by atoms with Crippen LogP contribution in [0.4, 0.5) is 0 Å². The van der Waals surface area contributed by atoms with E-state index in [1.165, 1.54) is 0 Å². The molecule has 0 saturated heterocycles. The van der Waals surface area contributed by atoms with Crippen molar-refractivity contribution in [1.82, 2.24) is 0 Å². The third-order valence-corrected chi connectivity index (χ3v) is 2.15. The molecular formula is C9H9BrO3. The van der Waals surface area contributed by atoms with Crippen LogP contribution in [-0.4, -0.2) is 16.2 Å². The lowest BCUT2D eigenvalue weighted by Gasteiger charge is -2.07. The molecule has 13 heavy (non-hydrogen) atoms. The standard InChI is InChI=1S/C9H9BrO3/c10-7-3-1-6(2-4-7)8(11)5-9(12)13/h1-4,8,11H,5H2,(H,12,13). The molecule has 0 radical (unpaired) electrons. The predicted molar refractivity (Wildman–Crippen MR) is 51.4 cm³/mol. The zero-order chi connectivity index (χ0) is 9.84. The normalized spacial score (nSPS) is 12.5. The van der Waals surface area contributed by atoms with Gasteiger partial charge in [0, 0.05) is 4.47 Å². The molecule has 0 aliphatic rings. The van der Waals surface area contributed by atoms with Gasteiger partial charge in [0.25, 0.3) is 0 Å². The van der Waals surface area contributed by atoms with E-state index in [1.807, 2.05) is 0 Å². The molecule has 1 rings (SSSR count). The number of hydrogen-bond acceptors (Lipinski definition) is 2. The van der Waals surface area contributed by atoms with Crippen LogP contribution in [0.5, 0.6) is 0 Å². The molecular weight excluding hydrogens is 236 g/mol. The highest BCUT2D eigenvalue weighted by molar-refractivity contribution is 9.10. The van der Waals surface area contributed by atoms with Crippen molar-refractivity contribution in [2.45, 2.75) is 12.5 Å². The summed E-state index contributed by atoms with van der Waals surface area (Å²) in [6, 6.07) is 6.91. The maximum Gasteiger partial charge on any atom is 0.306 e. The molecule has 1 unspecified atom stereocenters. The Bertz CT molecular complexity index is 294. The van der Waals surface area contributed by atoms with Crippen molar-refractivity contribution in [3.8, 4) is 0 Å². The van der Waals surface area contributed by atoms with Gasteiger partial charge in [-0.25, -0.2) is 0 Å². The van der Waals surface area contributed by atoms with E-state index in [0.29, 0.717) is 5.56 Å². The number of halogens is 1. The first kappa shape index (κ1) is 10.2. The minimum atomic E-state index is -1.00. The molecule has 0 amide bonds. The monoisotopic (exact) mass is 244 g/mol. The summed E-state index contributed by atoms with van der Waals surface area (Å²) in [6.45, 7) is 0. The second-order valence-corrected chi connectivity index (χ2v) is 3.58. The number of aliphatic carboxylic acids is 1. The summed E-state index contributed by atoms with van der Waals surface area (Å²) in [5.74, 6) is -1.00. The lowest BCUT2D eigenvalue weighted by molar-refractivity contribution is -0.139. The second kappa shape index (κ2) is 4.39. The fourth-order valence-corrected chi connectivity index (χ4v) is 1.23. The quantitative estimate of drug-likeness (QED) is 0.855. The maximum absolute atomic E-state index is 10.3. The number of benzene rings is 1. The summed E-state index contributed by atoms with van der Waals surface area (Å²) in [4.78, 5) is 10.3. The van der Waals surface area contributed by atoms with E-state index in [1.54, 1.807) is 24.3 Å². The Labute approximate surface area is 84.1 Å². The first-order chi connectivity index (χ1) is 6.09. The molecule has 0 spiro atoms. The van der Waals surface area contributed by atoms with Gasteiger partial charge in [0.05, 0.1) is 12.5 Å². The molecule has 0 bridgehead atoms. The molecule has 2 N–H and O–H groups in total.